The van der Waals surface area contributed by atoms with E-state index in [-0.39, 0.29) is 0 Å². The van der Waals surface area contributed by atoms with Crippen molar-refractivity contribution in [2.24, 2.45) is 0 Å². The molecule has 150 valence electrons. The summed E-state index contributed by atoms with van der Waals surface area (Å²) in [4.78, 5) is 0. The third-order valence-corrected chi connectivity index (χ3v) is 11.3. The maximum atomic E-state index is 2.52. The van der Waals surface area contributed by atoms with Crippen LogP contribution in [0.4, 0.5) is 0 Å². The zero-order chi connectivity index (χ0) is 21.1. The average molecular weight is 529 g/mol. The summed E-state index contributed by atoms with van der Waals surface area (Å²) in [6.07, 6.45) is 1.00. The Hall–Kier alpha value is -2.48. The van der Waals surface area contributed by atoms with Gasteiger partial charge in [-0.1, -0.05) is 84.9 Å². The first-order chi connectivity index (χ1) is 15.3. The highest BCUT2D eigenvalue weighted by molar-refractivity contribution is 14.1. The molecule has 0 N–H and O–H groups in total. The zero-order valence-corrected chi connectivity index (χ0v) is 20.2. The molecule has 0 aromatic heterocycles. The number of halogens is 1. The Labute approximate surface area is 198 Å². The SMILES string of the molecule is Ic1ccc2ccccc2c1C[P+](c1ccccc1)(c1ccccc1)c1ccccc1. The highest BCUT2D eigenvalue weighted by Crippen LogP contribution is 2.59. The average Bonchev–Trinajstić information content (AvgIpc) is 2.85. The molecule has 0 aliphatic carbocycles. The van der Waals surface area contributed by atoms with Crippen molar-refractivity contribution in [1.29, 1.82) is 0 Å². The molecule has 0 aliphatic heterocycles. The van der Waals surface area contributed by atoms with Gasteiger partial charge < -0.3 is 0 Å². The molecule has 0 nitrogen and oxygen atoms in total. The van der Waals surface area contributed by atoms with Gasteiger partial charge in [0.2, 0.25) is 0 Å². The van der Waals surface area contributed by atoms with E-state index in [1.54, 1.807) is 0 Å². The minimum atomic E-state index is -1.91. The summed E-state index contributed by atoms with van der Waals surface area (Å²) in [5.41, 5.74) is 1.45. The highest BCUT2D eigenvalue weighted by Gasteiger charge is 2.46. The molecule has 0 saturated heterocycles. The molecule has 0 spiro atoms. The van der Waals surface area contributed by atoms with Crippen LogP contribution in [0.2, 0.25) is 0 Å². The van der Waals surface area contributed by atoms with Crippen LogP contribution in [0.15, 0.2) is 127 Å². The van der Waals surface area contributed by atoms with E-state index in [0.717, 1.165) is 6.16 Å². The monoisotopic (exact) mass is 529 g/mol. The molecule has 0 unspecified atom stereocenters. The van der Waals surface area contributed by atoms with Crippen molar-refractivity contribution < 1.29 is 0 Å². The topological polar surface area (TPSA) is 0 Å². The van der Waals surface area contributed by atoms with E-state index in [4.69, 9.17) is 0 Å². The molecule has 0 saturated carbocycles. The molecule has 5 aromatic carbocycles. The molecule has 0 radical (unpaired) electrons. The summed E-state index contributed by atoms with van der Waals surface area (Å²) >= 11 is 2.52. The Morgan fingerprint density at radius 1 is 0.484 bits per heavy atom. The third-order valence-electron chi connectivity index (χ3n) is 5.97. The minimum Gasteiger partial charge on any atom is -0.0620 e. The summed E-state index contributed by atoms with van der Waals surface area (Å²) in [5, 5.41) is 6.95. The summed E-state index contributed by atoms with van der Waals surface area (Å²) in [5.74, 6) is 0. The summed E-state index contributed by atoms with van der Waals surface area (Å²) in [6, 6.07) is 46.7. The van der Waals surface area contributed by atoms with E-state index in [1.807, 2.05) is 0 Å². The first-order valence-electron chi connectivity index (χ1n) is 10.5. The predicted molar refractivity (Wildman–Crippen MR) is 146 cm³/mol. The van der Waals surface area contributed by atoms with Gasteiger partial charge in [0.15, 0.2) is 0 Å². The van der Waals surface area contributed by atoms with Crippen molar-refractivity contribution in [1.82, 2.24) is 0 Å². The van der Waals surface area contributed by atoms with Gasteiger partial charge in [0.1, 0.15) is 29.3 Å². The van der Waals surface area contributed by atoms with Crippen LogP contribution in [0.25, 0.3) is 10.8 Å². The maximum absolute atomic E-state index is 2.52. The molecular weight excluding hydrogens is 506 g/mol. The lowest BCUT2D eigenvalue weighted by Gasteiger charge is -2.28. The quantitative estimate of drug-likeness (QED) is 0.171. The van der Waals surface area contributed by atoms with Crippen LogP contribution in [0, 0.1) is 3.57 Å². The minimum absolute atomic E-state index is 1.00. The van der Waals surface area contributed by atoms with Gasteiger partial charge in [0.25, 0.3) is 0 Å². The Bertz CT molecular complexity index is 1200. The molecule has 0 fully saturated rings. The van der Waals surface area contributed by atoms with Gasteiger partial charge in [-0.2, -0.15) is 0 Å². The molecule has 0 heterocycles. The third kappa shape index (κ3) is 3.82. The van der Waals surface area contributed by atoms with Crippen LogP contribution in [-0.4, -0.2) is 0 Å². The lowest BCUT2D eigenvalue weighted by Crippen LogP contribution is -2.32. The van der Waals surface area contributed by atoms with E-state index in [9.17, 15) is 0 Å². The van der Waals surface area contributed by atoms with Crippen molar-refractivity contribution in [3.05, 3.63) is 137 Å². The second kappa shape index (κ2) is 8.94. The number of fused-ring (bicyclic) bond motifs is 1. The Morgan fingerprint density at radius 2 is 0.935 bits per heavy atom. The van der Waals surface area contributed by atoms with Crippen LogP contribution in [0.5, 0.6) is 0 Å². The Balaban J connectivity index is 1.85. The van der Waals surface area contributed by atoms with Crippen molar-refractivity contribution in [2.45, 2.75) is 6.16 Å². The van der Waals surface area contributed by atoms with E-state index in [2.05, 4.69) is 150 Å². The number of hydrogen-bond acceptors (Lipinski definition) is 0. The molecular formula is C29H23IP+. The first-order valence-corrected chi connectivity index (χ1v) is 13.6. The van der Waals surface area contributed by atoms with Gasteiger partial charge in [-0.15, -0.1) is 0 Å². The van der Waals surface area contributed by atoms with E-state index >= 15 is 0 Å². The van der Waals surface area contributed by atoms with Crippen molar-refractivity contribution in [3.8, 4) is 0 Å². The van der Waals surface area contributed by atoms with E-state index in [1.165, 1.54) is 35.8 Å². The molecule has 5 aromatic rings. The molecule has 0 aliphatic rings. The normalized spacial score (nSPS) is 11.5. The first kappa shape index (κ1) is 20.4. The van der Waals surface area contributed by atoms with Crippen molar-refractivity contribution in [3.63, 3.8) is 0 Å². The number of rotatable bonds is 5. The van der Waals surface area contributed by atoms with Crippen LogP contribution in [0.1, 0.15) is 5.56 Å². The standard InChI is InChI=1S/C29H23IP/c30-29-21-20-23-12-10-11-19-27(23)28(29)22-31(24-13-4-1-5-14-24,25-15-6-2-7-16-25)26-17-8-3-9-18-26/h1-21H,22H2/q+1. The van der Waals surface area contributed by atoms with Gasteiger partial charge in [-0.25, -0.2) is 0 Å². The summed E-state index contributed by atoms with van der Waals surface area (Å²) in [6.45, 7) is 0. The van der Waals surface area contributed by atoms with Gasteiger partial charge in [-0.05, 0) is 75.8 Å². The highest BCUT2D eigenvalue weighted by atomic mass is 127. The molecule has 0 bridgehead atoms. The lowest BCUT2D eigenvalue weighted by atomic mass is 10.1. The Kier molecular flexibility index (Phi) is 5.89. The Morgan fingerprint density at radius 3 is 1.45 bits per heavy atom. The molecule has 5 rings (SSSR count). The van der Waals surface area contributed by atoms with Crippen molar-refractivity contribution in [2.75, 3.05) is 0 Å². The van der Waals surface area contributed by atoms with Crippen LogP contribution in [-0.2, 0) is 6.16 Å². The van der Waals surface area contributed by atoms with Crippen LogP contribution >= 0.6 is 29.9 Å². The molecule has 0 atom stereocenters. The fourth-order valence-corrected chi connectivity index (χ4v) is 9.74. The van der Waals surface area contributed by atoms with Gasteiger partial charge in [-0.3, -0.25) is 0 Å². The van der Waals surface area contributed by atoms with E-state index in [0.29, 0.717) is 0 Å². The van der Waals surface area contributed by atoms with Crippen LogP contribution in [0.3, 0.4) is 0 Å². The van der Waals surface area contributed by atoms with Crippen LogP contribution < -0.4 is 15.9 Å². The summed E-state index contributed by atoms with van der Waals surface area (Å²) in [7, 11) is -1.91. The van der Waals surface area contributed by atoms with E-state index < -0.39 is 7.26 Å². The predicted octanol–water partition coefficient (Wildman–Crippen LogP) is 6.94. The fraction of sp³-hybridized carbons (Fsp3) is 0.0345. The largest absolute Gasteiger partial charge is 0.116 e. The molecule has 0 amide bonds. The van der Waals surface area contributed by atoms with Crippen molar-refractivity contribution >= 4 is 56.5 Å². The smallest absolute Gasteiger partial charge is 0.0620 e. The van der Waals surface area contributed by atoms with Gasteiger partial charge >= 0.3 is 0 Å². The molecule has 2 heteroatoms. The van der Waals surface area contributed by atoms with Gasteiger partial charge in [0, 0.05) is 9.13 Å². The van der Waals surface area contributed by atoms with Gasteiger partial charge in [0.05, 0.1) is 0 Å². The number of hydrogen-bond donors (Lipinski definition) is 0. The molecule has 31 heavy (non-hydrogen) atoms. The second-order valence-electron chi connectivity index (χ2n) is 7.72. The number of benzene rings is 5. The fourth-order valence-electron chi connectivity index (χ4n) is 4.48. The summed E-state index contributed by atoms with van der Waals surface area (Å²) < 4.78 is 1.34. The second-order valence-corrected chi connectivity index (χ2v) is 12.4. The maximum Gasteiger partial charge on any atom is 0.116 e. The zero-order valence-electron chi connectivity index (χ0n) is 17.2. The lowest BCUT2D eigenvalue weighted by molar-refractivity contribution is 1.40.